The van der Waals surface area contributed by atoms with Crippen molar-refractivity contribution in [1.29, 1.82) is 0 Å². The van der Waals surface area contributed by atoms with Gasteiger partial charge in [0, 0.05) is 24.6 Å². The summed E-state index contributed by atoms with van der Waals surface area (Å²) in [6.45, 7) is 4.74. The average Bonchev–Trinajstić information content (AvgIpc) is 2.58. The second-order valence-electron chi connectivity index (χ2n) is 5.32. The number of nitrogens with zero attached hydrogens (tertiary/aromatic N) is 4. The van der Waals surface area contributed by atoms with Crippen molar-refractivity contribution in [2.45, 2.75) is 20.4 Å². The Morgan fingerprint density at radius 3 is 2.70 bits per heavy atom. The van der Waals surface area contributed by atoms with E-state index in [0.29, 0.717) is 18.3 Å². The lowest BCUT2D eigenvalue weighted by molar-refractivity contribution is 0.947. The van der Waals surface area contributed by atoms with Gasteiger partial charge in [0.25, 0.3) is 0 Å². The molecule has 0 bridgehead atoms. The predicted octanol–water partition coefficient (Wildman–Crippen LogP) is 3.24. The highest BCUT2D eigenvalue weighted by Gasteiger charge is 2.04. The van der Waals surface area contributed by atoms with E-state index in [4.69, 9.17) is 0 Å². The zero-order valence-electron chi connectivity index (χ0n) is 13.1. The van der Waals surface area contributed by atoms with Gasteiger partial charge in [-0.15, -0.1) is 5.10 Å². The fourth-order valence-corrected chi connectivity index (χ4v) is 2.13. The molecule has 6 nitrogen and oxygen atoms in total. The molecule has 2 N–H and O–H groups in total. The van der Waals surface area contributed by atoms with Gasteiger partial charge in [0.05, 0.1) is 6.20 Å². The van der Waals surface area contributed by atoms with E-state index >= 15 is 0 Å². The van der Waals surface area contributed by atoms with Crippen LogP contribution < -0.4 is 10.6 Å². The van der Waals surface area contributed by atoms with Gasteiger partial charge in [-0.1, -0.05) is 12.1 Å². The van der Waals surface area contributed by atoms with Gasteiger partial charge in [-0.3, -0.25) is 4.98 Å². The van der Waals surface area contributed by atoms with Gasteiger partial charge in [-0.25, -0.2) is 0 Å². The molecule has 0 saturated carbocycles. The molecule has 2 heterocycles. The fourth-order valence-electron chi connectivity index (χ4n) is 2.13. The van der Waals surface area contributed by atoms with Crippen LogP contribution in [0.1, 0.15) is 16.7 Å². The zero-order chi connectivity index (χ0) is 16.1. The second-order valence-corrected chi connectivity index (χ2v) is 5.32. The highest BCUT2D eigenvalue weighted by molar-refractivity contribution is 5.61. The Balaban J connectivity index is 1.71. The molecule has 0 atom stereocenters. The van der Waals surface area contributed by atoms with E-state index < -0.39 is 0 Å². The molecule has 0 unspecified atom stereocenters. The molecule has 0 fully saturated rings. The third-order valence-corrected chi connectivity index (χ3v) is 3.41. The SMILES string of the molecule is Cc1ccc(C)c(Nc2cnnc(NCc3ccncc3)n2)c1. The van der Waals surface area contributed by atoms with Crippen LogP contribution in [0.4, 0.5) is 17.5 Å². The van der Waals surface area contributed by atoms with Crippen molar-refractivity contribution >= 4 is 17.5 Å². The first-order valence-electron chi connectivity index (χ1n) is 7.37. The molecule has 0 aliphatic heterocycles. The summed E-state index contributed by atoms with van der Waals surface area (Å²) in [5.41, 5.74) is 4.47. The van der Waals surface area contributed by atoms with Crippen LogP contribution in [0.2, 0.25) is 0 Å². The van der Waals surface area contributed by atoms with Crippen molar-refractivity contribution in [3.8, 4) is 0 Å². The van der Waals surface area contributed by atoms with Gasteiger partial charge in [-0.05, 0) is 48.7 Å². The molecule has 116 valence electrons. The highest BCUT2D eigenvalue weighted by Crippen LogP contribution is 2.20. The maximum atomic E-state index is 4.44. The molecule has 0 spiro atoms. The Morgan fingerprint density at radius 1 is 1.04 bits per heavy atom. The van der Waals surface area contributed by atoms with Crippen LogP contribution in [0.3, 0.4) is 0 Å². The lowest BCUT2D eigenvalue weighted by Crippen LogP contribution is -2.06. The van der Waals surface area contributed by atoms with Crippen molar-refractivity contribution in [2.75, 3.05) is 10.6 Å². The number of anilines is 3. The summed E-state index contributed by atoms with van der Waals surface area (Å²) in [5.74, 6) is 1.14. The van der Waals surface area contributed by atoms with E-state index in [2.05, 4.69) is 62.8 Å². The number of aryl methyl sites for hydroxylation is 2. The second kappa shape index (κ2) is 6.83. The molecule has 3 rings (SSSR count). The summed E-state index contributed by atoms with van der Waals surface area (Å²) >= 11 is 0. The van der Waals surface area contributed by atoms with Crippen LogP contribution in [0, 0.1) is 13.8 Å². The van der Waals surface area contributed by atoms with Crippen molar-refractivity contribution in [2.24, 2.45) is 0 Å². The third-order valence-electron chi connectivity index (χ3n) is 3.41. The number of pyridine rings is 1. The first-order valence-corrected chi connectivity index (χ1v) is 7.37. The van der Waals surface area contributed by atoms with E-state index in [1.54, 1.807) is 18.6 Å². The molecule has 6 heteroatoms. The summed E-state index contributed by atoms with van der Waals surface area (Å²) in [5, 5.41) is 14.5. The van der Waals surface area contributed by atoms with Crippen molar-refractivity contribution in [3.63, 3.8) is 0 Å². The van der Waals surface area contributed by atoms with Crippen molar-refractivity contribution in [1.82, 2.24) is 20.2 Å². The van der Waals surface area contributed by atoms with Gasteiger partial charge in [0.2, 0.25) is 5.95 Å². The number of rotatable bonds is 5. The van der Waals surface area contributed by atoms with Crippen LogP contribution in [-0.2, 0) is 6.54 Å². The van der Waals surface area contributed by atoms with Gasteiger partial charge in [0.1, 0.15) is 0 Å². The van der Waals surface area contributed by atoms with E-state index in [-0.39, 0.29) is 0 Å². The molecular weight excluding hydrogens is 288 g/mol. The Hall–Kier alpha value is -3.02. The van der Waals surface area contributed by atoms with Gasteiger partial charge >= 0.3 is 0 Å². The standard InChI is InChI=1S/C17H18N6/c1-12-3-4-13(2)15(9-12)21-16-11-20-23-17(22-16)19-10-14-5-7-18-8-6-14/h3-9,11H,10H2,1-2H3,(H2,19,21,22,23). The number of hydrogen-bond donors (Lipinski definition) is 2. The largest absolute Gasteiger partial charge is 0.349 e. The van der Waals surface area contributed by atoms with E-state index in [1.165, 1.54) is 5.56 Å². The molecular formula is C17H18N6. The number of aromatic nitrogens is 4. The van der Waals surface area contributed by atoms with Crippen molar-refractivity contribution < 1.29 is 0 Å². The lowest BCUT2D eigenvalue weighted by Gasteiger charge is -2.10. The fraction of sp³-hybridized carbons (Fsp3) is 0.176. The molecule has 0 saturated heterocycles. The van der Waals surface area contributed by atoms with Crippen LogP contribution in [0.15, 0.2) is 48.9 Å². The summed E-state index contributed by atoms with van der Waals surface area (Å²) < 4.78 is 0. The Kier molecular flexibility index (Phi) is 4.42. The molecule has 2 aromatic heterocycles. The smallest absolute Gasteiger partial charge is 0.244 e. The monoisotopic (exact) mass is 306 g/mol. The van der Waals surface area contributed by atoms with Crippen LogP contribution in [0.5, 0.6) is 0 Å². The zero-order valence-corrected chi connectivity index (χ0v) is 13.1. The average molecular weight is 306 g/mol. The van der Waals surface area contributed by atoms with Crippen LogP contribution in [0.25, 0.3) is 0 Å². The Labute approximate surface area is 135 Å². The van der Waals surface area contributed by atoms with E-state index in [1.807, 2.05) is 12.1 Å². The molecule has 23 heavy (non-hydrogen) atoms. The van der Waals surface area contributed by atoms with Gasteiger partial charge in [-0.2, -0.15) is 10.1 Å². The molecule has 0 amide bonds. The number of nitrogens with one attached hydrogen (secondary N) is 2. The normalized spacial score (nSPS) is 10.3. The topological polar surface area (TPSA) is 75.6 Å². The quantitative estimate of drug-likeness (QED) is 0.753. The minimum absolute atomic E-state index is 0.483. The summed E-state index contributed by atoms with van der Waals surface area (Å²) in [7, 11) is 0. The molecule has 3 aromatic rings. The first kappa shape index (κ1) is 14.9. The summed E-state index contributed by atoms with van der Waals surface area (Å²) in [4.78, 5) is 8.44. The summed E-state index contributed by atoms with van der Waals surface area (Å²) in [6, 6.07) is 10.1. The van der Waals surface area contributed by atoms with E-state index in [0.717, 1.165) is 16.8 Å². The number of benzene rings is 1. The molecule has 0 aliphatic rings. The van der Waals surface area contributed by atoms with Crippen molar-refractivity contribution in [3.05, 3.63) is 65.6 Å². The molecule has 1 aromatic carbocycles. The maximum absolute atomic E-state index is 4.44. The molecule has 0 aliphatic carbocycles. The summed E-state index contributed by atoms with van der Waals surface area (Å²) in [6.07, 6.45) is 5.13. The minimum atomic E-state index is 0.483. The van der Waals surface area contributed by atoms with Gasteiger partial charge in [0.15, 0.2) is 5.82 Å². The predicted molar refractivity (Wildman–Crippen MR) is 90.6 cm³/mol. The Morgan fingerprint density at radius 2 is 1.87 bits per heavy atom. The Bertz CT molecular complexity index is 788. The van der Waals surface area contributed by atoms with Gasteiger partial charge < -0.3 is 10.6 Å². The van der Waals surface area contributed by atoms with E-state index in [9.17, 15) is 0 Å². The minimum Gasteiger partial charge on any atom is -0.349 e. The van der Waals surface area contributed by atoms with Crippen LogP contribution >= 0.6 is 0 Å². The maximum Gasteiger partial charge on any atom is 0.244 e. The first-order chi connectivity index (χ1) is 11.2. The molecule has 0 radical (unpaired) electrons. The highest BCUT2D eigenvalue weighted by atomic mass is 15.3. The van der Waals surface area contributed by atoms with Crippen LogP contribution in [-0.4, -0.2) is 20.2 Å². The third kappa shape index (κ3) is 4.00. The number of hydrogen-bond acceptors (Lipinski definition) is 6. The lowest BCUT2D eigenvalue weighted by atomic mass is 10.1.